The number of aromatic nitrogens is 5. The number of amides is 1. The third-order valence-electron chi connectivity index (χ3n) is 5.72. The van der Waals surface area contributed by atoms with E-state index in [0.29, 0.717) is 22.2 Å². The van der Waals surface area contributed by atoms with Crippen LogP contribution in [-0.4, -0.2) is 68.8 Å². The van der Waals surface area contributed by atoms with E-state index in [1.807, 2.05) is 24.3 Å². The largest absolute Gasteiger partial charge is 0.383 e. The number of aromatic amines is 1. The van der Waals surface area contributed by atoms with E-state index in [1.54, 1.807) is 28.9 Å². The smallest absolute Gasteiger partial charge is 0.247 e. The number of rotatable bonds is 3. The van der Waals surface area contributed by atoms with Crippen molar-refractivity contribution < 1.29 is 13.2 Å². The topological polar surface area (TPSA) is 140 Å². The van der Waals surface area contributed by atoms with Crippen molar-refractivity contribution >= 4 is 43.4 Å². The molecule has 1 amide bonds. The predicted molar refractivity (Wildman–Crippen MR) is 117 cm³/mol. The van der Waals surface area contributed by atoms with Crippen molar-refractivity contribution in [2.75, 3.05) is 30.3 Å². The van der Waals surface area contributed by atoms with Crippen LogP contribution in [0.4, 0.5) is 5.82 Å². The molecule has 0 saturated carbocycles. The molecule has 1 aliphatic heterocycles. The molecule has 1 aromatic carbocycles. The maximum Gasteiger partial charge on any atom is 0.247 e. The summed E-state index contributed by atoms with van der Waals surface area (Å²) in [6, 6.07) is 7.08. The van der Waals surface area contributed by atoms with Gasteiger partial charge in [-0.15, -0.1) is 0 Å². The standard InChI is InChI=1S/C20H21N7O3S/c1-12(20(28)26-6-8-31(29,30)9-7-26)27-11-15-18(25-27)14-3-2-13(16-4-5-22-24-16)10-17(14)23-19(15)21/h2-5,10-12H,6-9H2,1H3,(H2,21,23)(H,22,24). The molecule has 0 spiro atoms. The Morgan fingerprint density at radius 3 is 2.68 bits per heavy atom. The van der Waals surface area contributed by atoms with E-state index in [2.05, 4.69) is 20.3 Å². The summed E-state index contributed by atoms with van der Waals surface area (Å²) in [5.74, 6) is 0.152. The van der Waals surface area contributed by atoms with Crippen molar-refractivity contribution in [2.45, 2.75) is 13.0 Å². The number of H-pyrrole nitrogens is 1. The highest BCUT2D eigenvalue weighted by Gasteiger charge is 2.29. The molecule has 4 heterocycles. The summed E-state index contributed by atoms with van der Waals surface area (Å²) in [4.78, 5) is 19.0. The molecular weight excluding hydrogens is 418 g/mol. The summed E-state index contributed by atoms with van der Waals surface area (Å²) >= 11 is 0. The Hall–Kier alpha value is -3.47. The summed E-state index contributed by atoms with van der Waals surface area (Å²) in [7, 11) is -3.06. The molecule has 1 unspecified atom stereocenters. The molecule has 10 nitrogen and oxygen atoms in total. The van der Waals surface area contributed by atoms with Gasteiger partial charge in [0, 0.05) is 36.4 Å². The number of fused-ring (bicyclic) bond motifs is 3. The zero-order chi connectivity index (χ0) is 21.8. The first-order valence-corrected chi connectivity index (χ1v) is 11.7. The van der Waals surface area contributed by atoms with Crippen LogP contribution >= 0.6 is 0 Å². The van der Waals surface area contributed by atoms with Crippen molar-refractivity contribution in [3.8, 4) is 11.3 Å². The molecule has 31 heavy (non-hydrogen) atoms. The Kier molecular flexibility index (Phi) is 4.43. The van der Waals surface area contributed by atoms with Gasteiger partial charge in [-0.25, -0.2) is 13.4 Å². The fraction of sp³-hybridized carbons (Fsp3) is 0.300. The number of nitrogen functional groups attached to an aromatic ring is 1. The lowest BCUT2D eigenvalue weighted by Crippen LogP contribution is -2.46. The number of hydrogen-bond acceptors (Lipinski definition) is 7. The average molecular weight is 440 g/mol. The number of pyridine rings is 1. The van der Waals surface area contributed by atoms with Gasteiger partial charge in [0.25, 0.3) is 0 Å². The minimum atomic E-state index is -3.06. The lowest BCUT2D eigenvalue weighted by atomic mass is 10.1. The molecule has 0 aliphatic carbocycles. The monoisotopic (exact) mass is 439 g/mol. The fourth-order valence-corrected chi connectivity index (χ4v) is 5.09. The quantitative estimate of drug-likeness (QED) is 0.491. The lowest BCUT2D eigenvalue weighted by Gasteiger charge is -2.29. The van der Waals surface area contributed by atoms with Crippen molar-refractivity contribution in [1.29, 1.82) is 0 Å². The van der Waals surface area contributed by atoms with Crippen LogP contribution < -0.4 is 5.73 Å². The first-order valence-electron chi connectivity index (χ1n) is 9.89. The zero-order valence-corrected chi connectivity index (χ0v) is 17.6. The van der Waals surface area contributed by atoms with Gasteiger partial charge in [-0.3, -0.25) is 14.6 Å². The van der Waals surface area contributed by atoms with Crippen LogP contribution in [-0.2, 0) is 14.6 Å². The zero-order valence-electron chi connectivity index (χ0n) is 16.8. The number of carbonyl (C=O) groups is 1. The SMILES string of the molecule is CC(C(=O)N1CCS(=O)(=O)CC1)n1cc2c(N)nc3cc(-c4ccn[nH]4)ccc3c2n1. The van der Waals surface area contributed by atoms with Crippen LogP contribution in [0.15, 0.2) is 36.7 Å². The van der Waals surface area contributed by atoms with E-state index in [4.69, 9.17) is 5.73 Å². The number of nitrogens with one attached hydrogen (secondary N) is 1. The van der Waals surface area contributed by atoms with Crippen molar-refractivity contribution in [2.24, 2.45) is 0 Å². The lowest BCUT2D eigenvalue weighted by molar-refractivity contribution is -0.134. The molecule has 0 radical (unpaired) electrons. The highest BCUT2D eigenvalue weighted by Crippen LogP contribution is 2.30. The van der Waals surface area contributed by atoms with E-state index >= 15 is 0 Å². The number of anilines is 1. The number of benzene rings is 1. The first kappa shape index (κ1) is 19.5. The average Bonchev–Trinajstić information content (AvgIpc) is 3.43. The Labute approximate surface area is 178 Å². The van der Waals surface area contributed by atoms with Crippen LogP contribution in [0.1, 0.15) is 13.0 Å². The van der Waals surface area contributed by atoms with Gasteiger partial charge in [0.15, 0.2) is 9.84 Å². The van der Waals surface area contributed by atoms with Crippen LogP contribution in [0.25, 0.3) is 33.1 Å². The van der Waals surface area contributed by atoms with Gasteiger partial charge >= 0.3 is 0 Å². The van der Waals surface area contributed by atoms with E-state index in [1.165, 1.54) is 0 Å². The summed E-state index contributed by atoms with van der Waals surface area (Å²) in [6.45, 7) is 2.16. The number of carbonyl (C=O) groups excluding carboxylic acids is 1. The number of nitrogens with two attached hydrogens (primary N) is 1. The summed E-state index contributed by atoms with van der Waals surface area (Å²) in [5.41, 5.74) is 9.37. The highest BCUT2D eigenvalue weighted by atomic mass is 32.2. The normalized spacial score (nSPS) is 17.3. The molecule has 1 saturated heterocycles. The molecule has 4 aromatic rings. The minimum Gasteiger partial charge on any atom is -0.383 e. The number of nitrogens with zero attached hydrogens (tertiary/aromatic N) is 5. The van der Waals surface area contributed by atoms with Gasteiger partial charge in [0.05, 0.1) is 28.1 Å². The molecule has 1 fully saturated rings. The maximum absolute atomic E-state index is 12.9. The Morgan fingerprint density at radius 1 is 1.19 bits per heavy atom. The second-order valence-electron chi connectivity index (χ2n) is 7.72. The van der Waals surface area contributed by atoms with Crippen LogP contribution in [0.5, 0.6) is 0 Å². The number of sulfone groups is 1. The number of hydrogen-bond donors (Lipinski definition) is 2. The van der Waals surface area contributed by atoms with Crippen LogP contribution in [0.2, 0.25) is 0 Å². The van der Waals surface area contributed by atoms with E-state index < -0.39 is 15.9 Å². The molecule has 0 bridgehead atoms. The molecule has 160 valence electrons. The van der Waals surface area contributed by atoms with Gasteiger partial charge in [-0.2, -0.15) is 10.2 Å². The maximum atomic E-state index is 12.9. The minimum absolute atomic E-state index is 0.00723. The molecular formula is C20H21N7O3S. The highest BCUT2D eigenvalue weighted by molar-refractivity contribution is 7.91. The van der Waals surface area contributed by atoms with Crippen molar-refractivity contribution in [3.63, 3.8) is 0 Å². The van der Waals surface area contributed by atoms with Gasteiger partial charge in [-0.05, 0) is 25.1 Å². The summed E-state index contributed by atoms with van der Waals surface area (Å²) in [6.07, 6.45) is 3.41. The van der Waals surface area contributed by atoms with Gasteiger partial charge in [-0.1, -0.05) is 6.07 Å². The molecule has 1 aliphatic rings. The summed E-state index contributed by atoms with van der Waals surface area (Å²) in [5, 5.41) is 13.1. The van der Waals surface area contributed by atoms with Crippen molar-refractivity contribution in [1.82, 2.24) is 29.9 Å². The predicted octanol–water partition coefficient (Wildman–Crippen LogP) is 1.37. The van der Waals surface area contributed by atoms with Gasteiger partial charge in [0.2, 0.25) is 5.91 Å². The Balaban J connectivity index is 1.51. The summed E-state index contributed by atoms with van der Waals surface area (Å²) < 4.78 is 24.9. The first-order chi connectivity index (χ1) is 14.8. The van der Waals surface area contributed by atoms with Crippen LogP contribution in [0, 0.1) is 0 Å². The molecule has 1 atom stereocenters. The molecule has 3 N–H and O–H groups in total. The van der Waals surface area contributed by atoms with Crippen LogP contribution in [0.3, 0.4) is 0 Å². The molecule has 3 aromatic heterocycles. The Bertz CT molecular complexity index is 1400. The molecule has 5 rings (SSSR count). The van der Waals surface area contributed by atoms with E-state index in [-0.39, 0.29) is 30.5 Å². The van der Waals surface area contributed by atoms with Crippen molar-refractivity contribution in [3.05, 3.63) is 36.7 Å². The van der Waals surface area contributed by atoms with E-state index in [9.17, 15) is 13.2 Å². The third-order valence-corrected chi connectivity index (χ3v) is 7.33. The van der Waals surface area contributed by atoms with E-state index in [0.717, 1.165) is 16.6 Å². The third kappa shape index (κ3) is 3.40. The second kappa shape index (κ2) is 7.05. The Morgan fingerprint density at radius 2 is 1.97 bits per heavy atom. The second-order valence-corrected chi connectivity index (χ2v) is 10.0. The van der Waals surface area contributed by atoms with Gasteiger partial charge in [0.1, 0.15) is 17.4 Å². The van der Waals surface area contributed by atoms with Gasteiger partial charge < -0.3 is 10.6 Å². The fourth-order valence-electron chi connectivity index (χ4n) is 3.89. The molecule has 11 heteroatoms.